The molecule has 2 aliphatic rings. The van der Waals surface area contributed by atoms with Crippen LogP contribution in [0.4, 0.5) is 0 Å². The number of aliphatic carboxylic acids is 1. The van der Waals surface area contributed by atoms with E-state index < -0.39 is 37.0 Å². The predicted octanol–water partition coefficient (Wildman–Crippen LogP) is -0.852. The van der Waals surface area contributed by atoms with E-state index in [1.807, 2.05) is 31.3 Å². The molecule has 0 amide bonds. The topological polar surface area (TPSA) is 211 Å². The molecule has 1 aliphatic heterocycles. The van der Waals surface area contributed by atoms with Gasteiger partial charge in [0.15, 0.2) is 17.6 Å². The first-order valence-corrected chi connectivity index (χ1v) is 13.3. The third-order valence-electron chi connectivity index (χ3n) is 7.24. The molecule has 7 N–H and O–H groups in total. The fourth-order valence-electron chi connectivity index (χ4n) is 5.00. The molecule has 2 aromatic rings. The number of rotatable bonds is 9. The summed E-state index contributed by atoms with van der Waals surface area (Å²) < 4.78 is 12.9. The number of carboxylic acid groups (broad SMARTS) is 1. The average molecular weight is 579 g/mol. The Morgan fingerprint density at radius 3 is 2.41 bits per heavy atom. The highest BCUT2D eigenvalue weighted by molar-refractivity contribution is 6.14. The molecule has 1 fully saturated rings. The normalized spacial score (nSPS) is 22.5. The molecule has 2 heterocycles. The van der Waals surface area contributed by atoms with Crippen LogP contribution >= 0.6 is 0 Å². The number of nitrogens with zero attached hydrogens (tertiary/aromatic N) is 2. The summed E-state index contributed by atoms with van der Waals surface area (Å²) in [4.78, 5) is 27.0. The predicted molar refractivity (Wildman–Crippen MR) is 147 cm³/mol. The molecule has 0 bridgehead atoms. The van der Waals surface area contributed by atoms with Crippen molar-refractivity contribution < 1.29 is 50.0 Å². The van der Waals surface area contributed by atoms with Crippen molar-refractivity contribution >= 4 is 11.7 Å². The highest BCUT2D eigenvalue weighted by Crippen LogP contribution is 2.44. The van der Waals surface area contributed by atoms with Gasteiger partial charge >= 0.3 is 5.97 Å². The lowest BCUT2D eigenvalue weighted by Crippen LogP contribution is -2.48. The number of aryl methyl sites for hydroxylation is 1. The third-order valence-corrected chi connectivity index (χ3v) is 7.24. The quantitative estimate of drug-likeness (QED) is 0.195. The van der Waals surface area contributed by atoms with Crippen LogP contribution in [0.1, 0.15) is 48.8 Å². The average Bonchev–Trinajstić information content (AvgIpc) is 2.96. The van der Waals surface area contributed by atoms with Gasteiger partial charge in [0, 0.05) is 36.4 Å². The zero-order chi connectivity index (χ0) is 30.4. The number of hydrogen-bond acceptors (Lipinski definition) is 11. The minimum Gasteiger partial charge on any atom is -0.493 e. The van der Waals surface area contributed by atoms with Crippen molar-refractivity contribution in [2.24, 2.45) is 12.0 Å². The zero-order valence-corrected chi connectivity index (χ0v) is 23.1. The van der Waals surface area contributed by atoms with Crippen LogP contribution in [0.5, 0.6) is 11.5 Å². The van der Waals surface area contributed by atoms with Crippen LogP contribution in [0.15, 0.2) is 40.2 Å². The lowest BCUT2D eigenvalue weighted by Gasteiger charge is -2.37. The number of hydrogen-bond donors (Lipinski definition) is 7. The fraction of sp³-hybridized carbons (Fsp3) is 0.536. The number of aliphatic hydroxyl groups excluding tert-OH is 6. The maximum atomic E-state index is 11.8. The summed E-state index contributed by atoms with van der Waals surface area (Å²) in [6.45, 7) is 1.65. The van der Waals surface area contributed by atoms with E-state index in [1.165, 1.54) is 0 Å². The summed E-state index contributed by atoms with van der Waals surface area (Å²) in [6, 6.07) is 7.53. The van der Waals surface area contributed by atoms with Crippen molar-refractivity contribution in [1.29, 1.82) is 0 Å². The molecule has 226 valence electrons. The molecular formula is C28H38N2O11. The summed E-state index contributed by atoms with van der Waals surface area (Å²) in [5.74, 6) is -0.200. The van der Waals surface area contributed by atoms with Gasteiger partial charge in [0.1, 0.15) is 18.3 Å². The summed E-state index contributed by atoms with van der Waals surface area (Å²) in [5.41, 5.74) is 3.83. The van der Waals surface area contributed by atoms with E-state index in [-0.39, 0.29) is 23.6 Å². The molecule has 1 aromatic heterocycles. The Hall–Kier alpha value is -3.33. The second-order valence-corrected chi connectivity index (χ2v) is 10.0. The third kappa shape index (κ3) is 7.31. The van der Waals surface area contributed by atoms with Gasteiger partial charge in [-0.2, -0.15) is 0 Å². The van der Waals surface area contributed by atoms with E-state index in [4.69, 9.17) is 45.1 Å². The molecule has 0 saturated heterocycles. The molecule has 41 heavy (non-hydrogen) atoms. The highest BCUT2D eigenvalue weighted by atomic mass is 16.5. The van der Waals surface area contributed by atoms with Gasteiger partial charge in [0.05, 0.1) is 38.2 Å². The van der Waals surface area contributed by atoms with Gasteiger partial charge in [0.2, 0.25) is 5.56 Å². The van der Waals surface area contributed by atoms with Crippen LogP contribution in [0.3, 0.4) is 0 Å². The number of carbonyl (C=O) groups is 1. The number of carboxylic acids is 1. The SMILES string of the molecule is CCOc1cc2c(cc1OC)C(c1ccc(=O)n(C)c1)=N[C@@H]1CC[C@@H](O)C[C@H]21.O=C(O)[C@H](O)[C@@H](O)[C@H](O)[C@H](O)CO. The van der Waals surface area contributed by atoms with E-state index in [0.29, 0.717) is 24.5 Å². The Balaban J connectivity index is 0.000000302. The van der Waals surface area contributed by atoms with E-state index in [0.717, 1.165) is 35.2 Å². The molecule has 0 spiro atoms. The Kier molecular flexibility index (Phi) is 11.0. The number of fused-ring (bicyclic) bond motifs is 3. The van der Waals surface area contributed by atoms with Crippen LogP contribution in [-0.2, 0) is 11.8 Å². The lowest BCUT2D eigenvalue weighted by atomic mass is 9.74. The van der Waals surface area contributed by atoms with E-state index in [2.05, 4.69) is 0 Å². The molecule has 13 heteroatoms. The van der Waals surface area contributed by atoms with Crippen LogP contribution < -0.4 is 15.0 Å². The molecule has 1 aliphatic carbocycles. The van der Waals surface area contributed by atoms with E-state index >= 15 is 0 Å². The standard InChI is InChI=1S/C22H26N2O4.C6H12O7/c1-4-28-20-10-15-16-9-14(25)6-7-18(16)23-22(17(15)11-19(20)27-3)13-5-8-21(26)24(2)12-13;7-1-2(8)3(9)4(10)5(11)6(12)13/h5,8,10-12,14,16,18,25H,4,6-7,9H2,1-3H3;2-5,7-11H,1H2,(H,12,13)/t14-,16-,18-;2-,3-,4+,5-/m11/s1. The maximum Gasteiger partial charge on any atom is 0.335 e. The van der Waals surface area contributed by atoms with Gasteiger partial charge in [-0.15, -0.1) is 0 Å². The minimum atomic E-state index is -2.20. The summed E-state index contributed by atoms with van der Waals surface area (Å²) in [7, 11) is 3.37. The Labute approximate surface area is 236 Å². The number of ether oxygens (including phenoxy) is 2. The molecular weight excluding hydrogens is 540 g/mol. The van der Waals surface area contributed by atoms with Gasteiger partial charge in [-0.1, -0.05) is 0 Å². The van der Waals surface area contributed by atoms with Crippen molar-refractivity contribution in [2.45, 2.75) is 68.7 Å². The molecule has 0 radical (unpaired) electrons. The maximum absolute atomic E-state index is 11.8. The second-order valence-electron chi connectivity index (χ2n) is 10.0. The number of aromatic nitrogens is 1. The second kappa shape index (κ2) is 14.0. The van der Waals surface area contributed by atoms with E-state index in [9.17, 15) is 14.7 Å². The van der Waals surface area contributed by atoms with Gasteiger partial charge in [-0.25, -0.2) is 4.79 Å². The molecule has 4 rings (SSSR count). The van der Waals surface area contributed by atoms with Crippen molar-refractivity contribution in [2.75, 3.05) is 20.3 Å². The Morgan fingerprint density at radius 1 is 1.12 bits per heavy atom. The highest BCUT2D eigenvalue weighted by Gasteiger charge is 2.37. The number of methoxy groups -OCH3 is 1. The fourth-order valence-corrected chi connectivity index (χ4v) is 5.00. The van der Waals surface area contributed by atoms with Gasteiger partial charge < -0.3 is 49.8 Å². The number of pyridine rings is 1. The first-order chi connectivity index (χ1) is 19.4. The molecule has 1 saturated carbocycles. The van der Waals surface area contributed by atoms with Crippen molar-refractivity contribution in [3.8, 4) is 11.5 Å². The zero-order valence-electron chi connectivity index (χ0n) is 23.1. The molecule has 0 unspecified atom stereocenters. The summed E-state index contributed by atoms with van der Waals surface area (Å²) in [5, 5.41) is 62.1. The van der Waals surface area contributed by atoms with Crippen molar-refractivity contribution in [3.05, 3.63) is 57.5 Å². The summed E-state index contributed by atoms with van der Waals surface area (Å²) in [6.07, 6.45) is -4.02. The minimum absolute atomic E-state index is 0.0525. The lowest BCUT2D eigenvalue weighted by molar-refractivity contribution is -0.164. The van der Waals surface area contributed by atoms with Gasteiger partial charge in [0.25, 0.3) is 0 Å². The molecule has 1 aromatic carbocycles. The monoisotopic (exact) mass is 578 g/mol. The van der Waals surface area contributed by atoms with Crippen molar-refractivity contribution in [3.63, 3.8) is 0 Å². The van der Waals surface area contributed by atoms with Crippen LogP contribution in [-0.4, -0.2) is 109 Å². The number of aliphatic imine (C=N–C) groups is 1. The Bertz CT molecular complexity index is 1290. The Morgan fingerprint density at radius 2 is 1.83 bits per heavy atom. The number of aliphatic hydroxyl groups is 6. The van der Waals surface area contributed by atoms with Gasteiger partial charge in [-0.3, -0.25) is 9.79 Å². The van der Waals surface area contributed by atoms with E-state index in [1.54, 1.807) is 24.8 Å². The molecule has 7 atom stereocenters. The van der Waals surface area contributed by atoms with Crippen molar-refractivity contribution in [1.82, 2.24) is 4.57 Å². The summed E-state index contributed by atoms with van der Waals surface area (Å²) >= 11 is 0. The van der Waals surface area contributed by atoms with Gasteiger partial charge in [-0.05, 0) is 49.9 Å². The largest absolute Gasteiger partial charge is 0.493 e. The van der Waals surface area contributed by atoms with Crippen LogP contribution in [0.2, 0.25) is 0 Å². The number of benzene rings is 1. The van der Waals surface area contributed by atoms with Crippen LogP contribution in [0.25, 0.3) is 0 Å². The smallest absolute Gasteiger partial charge is 0.335 e. The molecule has 13 nitrogen and oxygen atoms in total. The first-order valence-electron chi connectivity index (χ1n) is 13.3. The van der Waals surface area contributed by atoms with Crippen LogP contribution in [0, 0.1) is 0 Å². The first kappa shape index (κ1) is 32.2.